The van der Waals surface area contributed by atoms with Crippen LogP contribution >= 0.6 is 0 Å². The third-order valence-electron chi connectivity index (χ3n) is 5.32. The summed E-state index contributed by atoms with van der Waals surface area (Å²) in [5.74, 6) is 1.23. The number of pyridine rings is 1. The van der Waals surface area contributed by atoms with Crippen LogP contribution in [0.4, 0.5) is 16.4 Å². The molecule has 0 fully saturated rings. The third kappa shape index (κ3) is 5.27. The van der Waals surface area contributed by atoms with Crippen molar-refractivity contribution in [2.75, 3.05) is 11.9 Å². The van der Waals surface area contributed by atoms with Crippen LogP contribution in [0.15, 0.2) is 79.5 Å². The fraction of sp³-hybridized carbons (Fsp3) is 0.160. The van der Waals surface area contributed by atoms with Crippen LogP contribution < -0.4 is 10.6 Å². The average molecular weight is 469 g/mol. The number of nitrogens with one attached hydrogen (secondary N) is 2. The highest BCUT2D eigenvalue weighted by Gasteiger charge is 2.15. The molecular weight excluding hydrogens is 444 g/mol. The number of anilines is 2. The van der Waals surface area contributed by atoms with Gasteiger partial charge in [0, 0.05) is 44.2 Å². The van der Waals surface area contributed by atoms with Crippen molar-refractivity contribution in [2.45, 2.75) is 13.0 Å². The summed E-state index contributed by atoms with van der Waals surface area (Å²) in [6, 6.07) is 15.2. The van der Waals surface area contributed by atoms with E-state index in [-0.39, 0.29) is 6.61 Å². The lowest BCUT2D eigenvalue weighted by Crippen LogP contribution is -2.26. The van der Waals surface area contributed by atoms with Gasteiger partial charge in [0.25, 0.3) is 0 Å². The molecule has 0 spiro atoms. The lowest BCUT2D eigenvalue weighted by molar-refractivity contribution is 0.140. The van der Waals surface area contributed by atoms with Gasteiger partial charge in [0.15, 0.2) is 11.5 Å². The van der Waals surface area contributed by atoms with Crippen molar-refractivity contribution in [3.8, 4) is 11.3 Å². The summed E-state index contributed by atoms with van der Waals surface area (Å²) in [6.07, 6.45) is 9.17. The average Bonchev–Trinajstić information content (AvgIpc) is 3.50. The van der Waals surface area contributed by atoms with E-state index in [0.717, 1.165) is 22.5 Å². The molecule has 0 radical (unpaired) electrons. The molecule has 35 heavy (non-hydrogen) atoms. The van der Waals surface area contributed by atoms with E-state index in [1.165, 1.54) is 0 Å². The van der Waals surface area contributed by atoms with Crippen LogP contribution in [0.2, 0.25) is 0 Å². The third-order valence-corrected chi connectivity index (χ3v) is 5.32. The van der Waals surface area contributed by atoms with Crippen LogP contribution in [0.1, 0.15) is 11.3 Å². The van der Waals surface area contributed by atoms with Gasteiger partial charge in [0.1, 0.15) is 12.4 Å². The zero-order valence-electron chi connectivity index (χ0n) is 19.1. The zero-order valence-corrected chi connectivity index (χ0v) is 19.1. The lowest BCUT2D eigenvalue weighted by atomic mass is 10.2. The molecular formula is C25H24N8O2. The summed E-state index contributed by atoms with van der Waals surface area (Å²) >= 11 is 0. The van der Waals surface area contributed by atoms with Gasteiger partial charge in [-0.1, -0.05) is 36.4 Å². The van der Waals surface area contributed by atoms with Crippen molar-refractivity contribution in [2.24, 2.45) is 7.05 Å². The topological polar surface area (TPSA) is 111 Å². The Morgan fingerprint density at radius 2 is 1.89 bits per heavy atom. The van der Waals surface area contributed by atoms with Crippen LogP contribution in [-0.2, 0) is 24.8 Å². The Morgan fingerprint density at radius 3 is 2.66 bits per heavy atom. The van der Waals surface area contributed by atoms with Crippen molar-refractivity contribution in [1.29, 1.82) is 0 Å². The summed E-state index contributed by atoms with van der Waals surface area (Å²) < 4.78 is 9.01. The molecule has 0 atom stereocenters. The van der Waals surface area contributed by atoms with Gasteiger partial charge in [-0.3, -0.25) is 9.08 Å². The number of carbonyl (C=O) groups excluding carboxylic acids is 1. The number of benzene rings is 1. The SMILES string of the molecule is Cn1cc(-c2cnc3c(Nc4ccccn4)nc(CCNC(=O)OCc4ccccc4)cn23)cn1. The number of aromatic nitrogens is 6. The number of rotatable bonds is 8. The first-order valence-electron chi connectivity index (χ1n) is 11.1. The number of ether oxygens (including phenoxy) is 1. The molecule has 4 aromatic heterocycles. The monoisotopic (exact) mass is 468 g/mol. The van der Waals surface area contributed by atoms with Gasteiger partial charge in [-0.05, 0) is 17.7 Å². The van der Waals surface area contributed by atoms with Crippen molar-refractivity contribution >= 4 is 23.4 Å². The molecule has 176 valence electrons. The molecule has 10 heteroatoms. The molecule has 2 N–H and O–H groups in total. The molecule has 0 aliphatic rings. The van der Waals surface area contributed by atoms with E-state index in [2.05, 4.69) is 25.7 Å². The van der Waals surface area contributed by atoms with Gasteiger partial charge in [-0.15, -0.1) is 0 Å². The number of carbonyl (C=O) groups is 1. The fourth-order valence-corrected chi connectivity index (χ4v) is 3.63. The lowest BCUT2D eigenvalue weighted by Gasteiger charge is -2.11. The Labute approximate surface area is 201 Å². The molecule has 1 aromatic carbocycles. The Hall–Kier alpha value is -4.73. The molecule has 1 amide bonds. The Kier molecular flexibility index (Phi) is 6.33. The second-order valence-electron chi connectivity index (χ2n) is 7.90. The molecule has 10 nitrogen and oxygen atoms in total. The van der Waals surface area contributed by atoms with Crippen LogP contribution in [0.25, 0.3) is 16.9 Å². The van der Waals surface area contributed by atoms with Crippen LogP contribution in [-0.4, -0.2) is 41.8 Å². The number of hydrogen-bond acceptors (Lipinski definition) is 7. The molecule has 0 saturated carbocycles. The van der Waals surface area contributed by atoms with Crippen LogP contribution in [0.3, 0.4) is 0 Å². The molecule has 5 rings (SSSR count). The van der Waals surface area contributed by atoms with E-state index in [4.69, 9.17) is 9.72 Å². The fourth-order valence-electron chi connectivity index (χ4n) is 3.63. The Balaban J connectivity index is 1.34. The highest BCUT2D eigenvalue weighted by molar-refractivity contribution is 5.73. The summed E-state index contributed by atoms with van der Waals surface area (Å²) in [5.41, 5.74) is 4.18. The van der Waals surface area contributed by atoms with Crippen LogP contribution in [0, 0.1) is 0 Å². The van der Waals surface area contributed by atoms with E-state index < -0.39 is 6.09 Å². The second kappa shape index (κ2) is 10.0. The van der Waals surface area contributed by atoms with E-state index in [1.54, 1.807) is 23.3 Å². The number of nitrogens with zero attached hydrogens (tertiary/aromatic N) is 6. The number of amides is 1. The first kappa shape index (κ1) is 22.1. The predicted octanol–water partition coefficient (Wildman–Crippen LogP) is 3.74. The first-order valence-corrected chi connectivity index (χ1v) is 11.1. The minimum atomic E-state index is -0.472. The van der Waals surface area contributed by atoms with Gasteiger partial charge in [-0.2, -0.15) is 5.10 Å². The van der Waals surface area contributed by atoms with Crippen LogP contribution in [0.5, 0.6) is 0 Å². The summed E-state index contributed by atoms with van der Waals surface area (Å²) in [7, 11) is 1.87. The molecule has 5 aromatic rings. The standard InChI is InChI=1S/C25H24N8O2/c1-32-15-19(13-29-32)21-14-28-24-23(31-22-9-5-6-11-26-22)30-20(16-33(21)24)10-12-27-25(34)35-17-18-7-3-2-4-8-18/h2-9,11,13-16H,10,12,17H2,1H3,(H,27,34)(H,26,30,31). The summed E-state index contributed by atoms with van der Waals surface area (Å²) in [4.78, 5) is 25.8. The number of alkyl carbamates (subject to hydrolysis) is 1. The Bertz CT molecular complexity index is 1430. The maximum atomic E-state index is 12.1. The zero-order chi connectivity index (χ0) is 24.0. The first-order chi connectivity index (χ1) is 17.2. The summed E-state index contributed by atoms with van der Waals surface area (Å²) in [5, 5.41) is 10.3. The van der Waals surface area contributed by atoms with Gasteiger partial charge in [0.05, 0.1) is 23.8 Å². The molecule has 0 saturated heterocycles. The van der Waals surface area contributed by atoms with Gasteiger partial charge < -0.3 is 15.4 Å². The molecule has 0 unspecified atom stereocenters. The van der Waals surface area contributed by atoms with E-state index >= 15 is 0 Å². The smallest absolute Gasteiger partial charge is 0.407 e. The van der Waals surface area contributed by atoms with E-state index in [1.807, 2.05) is 72.4 Å². The van der Waals surface area contributed by atoms with Crippen molar-refractivity contribution in [3.05, 3.63) is 90.8 Å². The minimum Gasteiger partial charge on any atom is -0.445 e. The quantitative estimate of drug-likeness (QED) is 0.357. The maximum absolute atomic E-state index is 12.1. The van der Waals surface area contributed by atoms with Gasteiger partial charge >= 0.3 is 6.09 Å². The molecule has 4 heterocycles. The largest absolute Gasteiger partial charge is 0.445 e. The molecule has 0 aliphatic carbocycles. The minimum absolute atomic E-state index is 0.221. The van der Waals surface area contributed by atoms with Gasteiger partial charge in [-0.25, -0.2) is 19.7 Å². The highest BCUT2D eigenvalue weighted by Crippen LogP contribution is 2.25. The number of fused-ring (bicyclic) bond motifs is 1. The molecule has 0 aliphatic heterocycles. The number of aryl methyl sites for hydroxylation is 1. The number of hydrogen-bond donors (Lipinski definition) is 2. The maximum Gasteiger partial charge on any atom is 0.407 e. The van der Waals surface area contributed by atoms with E-state index in [0.29, 0.717) is 30.2 Å². The summed E-state index contributed by atoms with van der Waals surface area (Å²) in [6.45, 7) is 0.588. The second-order valence-corrected chi connectivity index (χ2v) is 7.90. The Morgan fingerprint density at radius 1 is 1.03 bits per heavy atom. The predicted molar refractivity (Wildman–Crippen MR) is 131 cm³/mol. The van der Waals surface area contributed by atoms with Crippen molar-refractivity contribution in [1.82, 2.24) is 34.4 Å². The normalized spacial score (nSPS) is 10.9. The van der Waals surface area contributed by atoms with Crippen molar-refractivity contribution < 1.29 is 9.53 Å². The van der Waals surface area contributed by atoms with Gasteiger partial charge in [0.2, 0.25) is 0 Å². The highest BCUT2D eigenvalue weighted by atomic mass is 16.5. The number of imidazole rings is 1. The van der Waals surface area contributed by atoms with Crippen molar-refractivity contribution in [3.63, 3.8) is 0 Å². The molecule has 0 bridgehead atoms. The van der Waals surface area contributed by atoms with E-state index in [9.17, 15) is 4.79 Å².